The second-order valence-corrected chi connectivity index (χ2v) is 14.1. The largest absolute Gasteiger partial charge is 0.508 e. The molecule has 1 heterocycles. The number of hydrogen-bond acceptors (Lipinski definition) is 8. The van der Waals surface area contributed by atoms with Gasteiger partial charge >= 0.3 is 29.7 Å². The lowest BCUT2D eigenvalue weighted by molar-refractivity contribution is -0.140. The van der Waals surface area contributed by atoms with Crippen LogP contribution in [0, 0.1) is 0 Å². The van der Waals surface area contributed by atoms with Crippen molar-refractivity contribution in [3.8, 4) is 0 Å². The molecule has 13 heteroatoms. The van der Waals surface area contributed by atoms with Crippen LogP contribution in [0.25, 0.3) is 0 Å². The molecule has 0 spiro atoms. The average molecular weight is 490 g/mol. The van der Waals surface area contributed by atoms with Gasteiger partial charge in [0.15, 0.2) is 6.04 Å². The van der Waals surface area contributed by atoms with E-state index in [4.69, 9.17) is 26.6 Å². The van der Waals surface area contributed by atoms with E-state index in [9.17, 15) is 19.8 Å². The number of hydrogen-bond donors (Lipinski definition) is 2. The van der Waals surface area contributed by atoms with E-state index in [1.165, 1.54) is 42.7 Å². The Labute approximate surface area is 189 Å². The molecule has 32 heavy (non-hydrogen) atoms. The summed E-state index contributed by atoms with van der Waals surface area (Å²) >= 11 is 0. The molecule has 11 nitrogen and oxygen atoms in total. The van der Waals surface area contributed by atoms with Crippen molar-refractivity contribution < 1.29 is 46.4 Å². The van der Waals surface area contributed by atoms with Crippen LogP contribution in [0.15, 0.2) is 22.4 Å². The molecule has 0 saturated carbocycles. The molecule has 3 rings (SSSR count). The lowest BCUT2D eigenvalue weighted by Crippen LogP contribution is -2.54. The van der Waals surface area contributed by atoms with Crippen molar-refractivity contribution in [3.05, 3.63) is 22.4 Å². The number of allylic oxidation sites excluding steroid dienone is 3. The van der Waals surface area contributed by atoms with Gasteiger partial charge in [0.1, 0.15) is 0 Å². The molecule has 0 bridgehead atoms. The predicted molar refractivity (Wildman–Crippen MR) is 115 cm³/mol. The third-order valence-electron chi connectivity index (χ3n) is 6.91. The molecule has 180 valence electrons. The molecule has 0 aromatic carbocycles. The van der Waals surface area contributed by atoms with Crippen molar-refractivity contribution in [1.82, 2.24) is 4.90 Å². The molecule has 2 N–H and O–H groups in total. The quantitative estimate of drug-likeness (QED) is 0.464. The van der Waals surface area contributed by atoms with Crippen molar-refractivity contribution >= 4 is 29.7 Å². The minimum atomic E-state index is -3.33. The van der Waals surface area contributed by atoms with E-state index in [0.29, 0.717) is 37.0 Å². The van der Waals surface area contributed by atoms with Crippen LogP contribution in [0.1, 0.15) is 25.7 Å². The summed E-state index contributed by atoms with van der Waals surface area (Å²) in [6.45, 7) is 0. The van der Waals surface area contributed by atoms with Crippen LogP contribution in [0.5, 0.6) is 0 Å². The second kappa shape index (κ2) is 9.34. The van der Waals surface area contributed by atoms with Gasteiger partial charge < -0.3 is 36.8 Å². The van der Waals surface area contributed by atoms with Gasteiger partial charge in [-0.1, -0.05) is 0 Å². The Morgan fingerprint density at radius 1 is 0.812 bits per heavy atom. The molecule has 3 unspecified atom stereocenters. The number of fused-ring (bicyclic) bond motifs is 1. The van der Waals surface area contributed by atoms with Gasteiger partial charge in [0.25, 0.3) is 0 Å². The number of carboxylic acid groups (broad SMARTS) is 2. The zero-order valence-corrected chi connectivity index (χ0v) is 21.2. The first-order valence-electron chi connectivity index (χ1n) is 10.2. The standard InChI is InChI=1S/C19H31NO10Si2/c1-25-31(26-2,27-3)13-10-8-12-15(13)11-7-9-14(32(28-4,29-5)30-6)16(11)17(18(21)22)20(12)19(23)24/h13-14,17H,7-10H2,1-6H3,(H,21,22)(H,23,24). The molecular weight excluding hydrogens is 458 g/mol. The Kier molecular flexibility index (Phi) is 7.31. The summed E-state index contributed by atoms with van der Waals surface area (Å²) in [7, 11) is 2.41. The van der Waals surface area contributed by atoms with Gasteiger partial charge in [-0.2, -0.15) is 0 Å². The van der Waals surface area contributed by atoms with Crippen LogP contribution in [0.2, 0.25) is 11.1 Å². The van der Waals surface area contributed by atoms with E-state index in [1.807, 2.05) is 0 Å². The summed E-state index contributed by atoms with van der Waals surface area (Å²) in [5.41, 5.74) is 1.68. The Morgan fingerprint density at radius 3 is 1.72 bits per heavy atom. The first-order valence-corrected chi connectivity index (χ1v) is 13.8. The van der Waals surface area contributed by atoms with E-state index >= 15 is 0 Å². The molecule has 0 aromatic rings. The third-order valence-corrected chi connectivity index (χ3v) is 13.2. The third kappa shape index (κ3) is 3.47. The highest BCUT2D eigenvalue weighted by Gasteiger charge is 2.61. The highest BCUT2D eigenvalue weighted by atomic mass is 28.4. The fraction of sp³-hybridized carbons (Fsp3) is 0.684. The van der Waals surface area contributed by atoms with Crippen LogP contribution in [-0.4, -0.2) is 93.5 Å². The summed E-state index contributed by atoms with van der Waals surface area (Å²) in [5.74, 6) is -1.25. The fourth-order valence-corrected chi connectivity index (χ4v) is 10.8. The zero-order chi connectivity index (χ0) is 23.8. The maximum atomic E-state index is 12.5. The van der Waals surface area contributed by atoms with E-state index < -0.39 is 41.3 Å². The van der Waals surface area contributed by atoms with Gasteiger partial charge in [0.05, 0.1) is 11.1 Å². The number of nitrogens with zero attached hydrogens (tertiary/aromatic N) is 1. The Bertz CT molecular complexity index is 819. The lowest BCUT2D eigenvalue weighted by atomic mass is 9.90. The maximum Gasteiger partial charge on any atom is 0.508 e. The summed E-state index contributed by atoms with van der Waals surface area (Å²) in [4.78, 5) is 25.8. The SMILES string of the molecule is CO[Si](OC)(OC)C1CCC2=C1C1=C(C(C(=O)O)N2C(=O)O)C([Si](OC)(OC)OC)CC1. The number of carbonyl (C=O) groups is 2. The van der Waals surface area contributed by atoms with Crippen molar-refractivity contribution in [2.45, 2.75) is 42.8 Å². The molecule has 1 aliphatic heterocycles. The van der Waals surface area contributed by atoms with E-state index in [0.717, 1.165) is 16.0 Å². The van der Waals surface area contributed by atoms with E-state index in [2.05, 4.69) is 0 Å². The second-order valence-electron chi connectivity index (χ2n) is 7.80. The molecule has 2 aliphatic carbocycles. The van der Waals surface area contributed by atoms with Crippen LogP contribution in [0.4, 0.5) is 4.79 Å². The summed E-state index contributed by atoms with van der Waals surface area (Å²) in [6.07, 6.45) is 0.643. The maximum absolute atomic E-state index is 12.5. The first-order chi connectivity index (χ1) is 15.2. The molecular formula is C19H31NO10Si2. The lowest BCUT2D eigenvalue weighted by Gasteiger charge is -2.40. The van der Waals surface area contributed by atoms with Crippen molar-refractivity contribution in [2.24, 2.45) is 0 Å². The zero-order valence-electron chi connectivity index (χ0n) is 19.2. The van der Waals surface area contributed by atoms with Crippen LogP contribution >= 0.6 is 0 Å². The summed E-state index contributed by atoms with van der Waals surface area (Å²) < 4.78 is 34.3. The minimum Gasteiger partial charge on any atom is -0.479 e. The van der Waals surface area contributed by atoms with Gasteiger partial charge in [-0.15, -0.1) is 0 Å². The van der Waals surface area contributed by atoms with Crippen molar-refractivity contribution in [2.75, 3.05) is 42.7 Å². The molecule has 0 saturated heterocycles. The van der Waals surface area contributed by atoms with Crippen LogP contribution < -0.4 is 0 Å². The Morgan fingerprint density at radius 2 is 1.28 bits per heavy atom. The number of carboxylic acids is 1. The van der Waals surface area contributed by atoms with Crippen molar-refractivity contribution in [3.63, 3.8) is 0 Å². The van der Waals surface area contributed by atoms with Gasteiger partial charge in [-0.3, -0.25) is 4.90 Å². The summed E-state index contributed by atoms with van der Waals surface area (Å²) in [5, 5.41) is 20.2. The number of rotatable bonds is 9. The fourth-order valence-electron chi connectivity index (χ4n) is 5.68. The monoisotopic (exact) mass is 489 g/mol. The topological polar surface area (TPSA) is 133 Å². The molecule has 1 amide bonds. The molecule has 0 radical (unpaired) electrons. The molecule has 3 atom stereocenters. The predicted octanol–water partition coefficient (Wildman–Crippen LogP) is 2.07. The number of amides is 1. The van der Waals surface area contributed by atoms with Gasteiger partial charge in [-0.05, 0) is 42.4 Å². The Hall–Kier alpha value is -1.59. The minimum absolute atomic E-state index is 0.318. The smallest absolute Gasteiger partial charge is 0.479 e. The summed E-state index contributed by atoms with van der Waals surface area (Å²) in [6, 6.07) is -1.39. The molecule has 0 fully saturated rings. The molecule has 3 aliphatic rings. The van der Waals surface area contributed by atoms with E-state index in [-0.39, 0.29) is 5.54 Å². The van der Waals surface area contributed by atoms with Crippen molar-refractivity contribution in [1.29, 1.82) is 0 Å². The van der Waals surface area contributed by atoms with Crippen LogP contribution in [-0.2, 0) is 31.4 Å². The highest BCUT2D eigenvalue weighted by molar-refractivity contribution is 6.64. The van der Waals surface area contributed by atoms with E-state index in [1.54, 1.807) is 0 Å². The first kappa shape index (κ1) is 25.0. The van der Waals surface area contributed by atoms with Crippen LogP contribution in [0.3, 0.4) is 0 Å². The average Bonchev–Trinajstić information content (AvgIpc) is 3.41. The Balaban J connectivity index is 2.28. The van der Waals surface area contributed by atoms with Gasteiger partial charge in [-0.25, -0.2) is 9.59 Å². The molecule has 0 aromatic heterocycles. The van der Waals surface area contributed by atoms with Gasteiger partial charge in [0.2, 0.25) is 0 Å². The highest BCUT2D eigenvalue weighted by Crippen LogP contribution is 2.59. The van der Waals surface area contributed by atoms with Gasteiger partial charge in [0, 0.05) is 48.4 Å². The normalized spacial score (nSPS) is 25.9. The number of aliphatic carboxylic acids is 1.